The minimum Gasteiger partial charge on any atom is -0.273 e. The average Bonchev–Trinajstić information content (AvgIpc) is 3.45. The number of piperidine rings is 1. The summed E-state index contributed by atoms with van der Waals surface area (Å²) in [6.07, 6.45) is 4.80. The zero-order valence-corrected chi connectivity index (χ0v) is 14.7. The third-order valence-electron chi connectivity index (χ3n) is 4.51. The van der Waals surface area contributed by atoms with Crippen molar-refractivity contribution >= 4 is 21.6 Å². The highest BCUT2D eigenvalue weighted by atomic mass is 32.2. The lowest BCUT2D eigenvalue weighted by Gasteiger charge is -2.25. The van der Waals surface area contributed by atoms with E-state index in [9.17, 15) is 13.2 Å². The number of hydrazone groups is 1. The van der Waals surface area contributed by atoms with Gasteiger partial charge in [-0.05, 0) is 50.3 Å². The van der Waals surface area contributed by atoms with Gasteiger partial charge in [-0.1, -0.05) is 18.6 Å². The Bertz CT molecular complexity index is 731. The van der Waals surface area contributed by atoms with E-state index in [2.05, 4.69) is 10.5 Å². The first-order chi connectivity index (χ1) is 11.5. The first-order valence-corrected chi connectivity index (χ1v) is 9.87. The summed E-state index contributed by atoms with van der Waals surface area (Å²) in [7, 11) is -3.41. The maximum atomic E-state index is 12.6. The first kappa shape index (κ1) is 17.1. The van der Waals surface area contributed by atoms with Gasteiger partial charge in [0.25, 0.3) is 0 Å². The highest BCUT2D eigenvalue weighted by molar-refractivity contribution is 7.89. The SMILES string of the molecule is C/C(=N/NC(=O)C1CC1)c1ccc(S(=O)(=O)N2CCCCC2)cc1. The molecular weight excluding hydrogens is 326 g/mol. The van der Waals surface area contributed by atoms with Gasteiger partial charge in [0.1, 0.15) is 0 Å². The maximum absolute atomic E-state index is 12.6. The predicted molar refractivity (Wildman–Crippen MR) is 92.1 cm³/mol. The van der Waals surface area contributed by atoms with Crippen LogP contribution < -0.4 is 5.43 Å². The fraction of sp³-hybridized carbons (Fsp3) is 0.529. The molecule has 1 amide bonds. The van der Waals surface area contributed by atoms with Gasteiger partial charge in [0.2, 0.25) is 15.9 Å². The molecule has 0 atom stereocenters. The average molecular weight is 349 g/mol. The second-order valence-corrected chi connectivity index (χ2v) is 8.37. The van der Waals surface area contributed by atoms with Crippen LogP contribution in [0.15, 0.2) is 34.3 Å². The van der Waals surface area contributed by atoms with Crippen LogP contribution in [0.5, 0.6) is 0 Å². The van der Waals surface area contributed by atoms with E-state index in [0.717, 1.165) is 37.7 Å². The van der Waals surface area contributed by atoms with E-state index in [1.54, 1.807) is 35.5 Å². The highest BCUT2D eigenvalue weighted by Crippen LogP contribution is 2.28. The van der Waals surface area contributed by atoms with Crippen LogP contribution in [-0.4, -0.2) is 37.4 Å². The number of hydrogen-bond donors (Lipinski definition) is 1. The van der Waals surface area contributed by atoms with Crippen LogP contribution in [0.25, 0.3) is 0 Å². The van der Waals surface area contributed by atoms with Crippen molar-refractivity contribution in [1.29, 1.82) is 0 Å². The Balaban J connectivity index is 1.70. The van der Waals surface area contributed by atoms with Gasteiger partial charge < -0.3 is 0 Å². The van der Waals surface area contributed by atoms with Crippen molar-refractivity contribution in [3.05, 3.63) is 29.8 Å². The molecule has 1 N–H and O–H groups in total. The summed E-state index contributed by atoms with van der Waals surface area (Å²) in [5.41, 5.74) is 4.02. The number of sulfonamides is 1. The van der Waals surface area contributed by atoms with Crippen molar-refractivity contribution in [1.82, 2.24) is 9.73 Å². The third-order valence-corrected chi connectivity index (χ3v) is 6.42. The fourth-order valence-corrected chi connectivity index (χ4v) is 4.28. The highest BCUT2D eigenvalue weighted by Gasteiger charge is 2.29. The lowest BCUT2D eigenvalue weighted by Crippen LogP contribution is -2.35. The number of carbonyl (C=O) groups is 1. The molecule has 7 heteroatoms. The molecule has 1 aromatic rings. The fourth-order valence-electron chi connectivity index (χ4n) is 2.76. The van der Waals surface area contributed by atoms with Crippen molar-refractivity contribution in [2.45, 2.75) is 43.9 Å². The molecular formula is C17H23N3O3S. The van der Waals surface area contributed by atoms with E-state index in [1.165, 1.54) is 0 Å². The van der Waals surface area contributed by atoms with Gasteiger partial charge in [-0.2, -0.15) is 9.41 Å². The Kier molecular flexibility index (Phi) is 5.01. The van der Waals surface area contributed by atoms with Crippen LogP contribution in [0.1, 0.15) is 44.6 Å². The van der Waals surface area contributed by atoms with Crippen molar-refractivity contribution < 1.29 is 13.2 Å². The Morgan fingerprint density at radius 2 is 1.75 bits per heavy atom. The molecule has 1 heterocycles. The standard InChI is InChI=1S/C17H23N3O3S/c1-13(18-19-17(21)15-5-6-15)14-7-9-16(10-8-14)24(22,23)20-11-3-2-4-12-20/h7-10,15H,2-6,11-12H2,1H3,(H,19,21)/b18-13-. The summed E-state index contributed by atoms with van der Waals surface area (Å²) >= 11 is 0. The number of carbonyl (C=O) groups excluding carboxylic acids is 1. The van der Waals surface area contributed by atoms with Gasteiger partial charge in [-0.25, -0.2) is 13.8 Å². The lowest BCUT2D eigenvalue weighted by molar-refractivity contribution is -0.122. The Hall–Kier alpha value is -1.73. The van der Waals surface area contributed by atoms with E-state index in [0.29, 0.717) is 23.7 Å². The van der Waals surface area contributed by atoms with E-state index >= 15 is 0 Å². The summed E-state index contributed by atoms with van der Waals surface area (Å²) < 4.78 is 26.8. The summed E-state index contributed by atoms with van der Waals surface area (Å²) in [5, 5.41) is 4.09. The molecule has 0 unspecified atom stereocenters. The minimum atomic E-state index is -3.41. The molecule has 1 aromatic carbocycles. The summed E-state index contributed by atoms with van der Waals surface area (Å²) in [5.74, 6) is 0.0669. The normalized spacial score (nSPS) is 20.0. The van der Waals surface area contributed by atoms with Gasteiger partial charge in [0.15, 0.2) is 0 Å². The molecule has 130 valence electrons. The second-order valence-electron chi connectivity index (χ2n) is 6.44. The Morgan fingerprint density at radius 3 is 2.33 bits per heavy atom. The molecule has 2 aliphatic rings. The van der Waals surface area contributed by atoms with Crippen LogP contribution in [0.4, 0.5) is 0 Å². The molecule has 1 aliphatic heterocycles. The van der Waals surface area contributed by atoms with E-state index < -0.39 is 10.0 Å². The van der Waals surface area contributed by atoms with Crippen LogP contribution >= 0.6 is 0 Å². The van der Waals surface area contributed by atoms with Gasteiger partial charge in [0, 0.05) is 19.0 Å². The first-order valence-electron chi connectivity index (χ1n) is 8.43. The number of benzene rings is 1. The van der Waals surface area contributed by atoms with Gasteiger partial charge in [0.05, 0.1) is 10.6 Å². The molecule has 1 aliphatic carbocycles. The molecule has 1 saturated heterocycles. The molecule has 0 spiro atoms. The minimum absolute atomic E-state index is 0.0429. The zero-order valence-electron chi connectivity index (χ0n) is 13.9. The molecule has 0 radical (unpaired) electrons. The number of nitrogens with one attached hydrogen (secondary N) is 1. The van der Waals surface area contributed by atoms with Crippen LogP contribution in [0.2, 0.25) is 0 Å². The smallest absolute Gasteiger partial charge is 0.243 e. The molecule has 0 bridgehead atoms. The van der Waals surface area contributed by atoms with Crippen LogP contribution in [-0.2, 0) is 14.8 Å². The molecule has 6 nitrogen and oxygen atoms in total. The number of rotatable bonds is 5. The molecule has 1 saturated carbocycles. The largest absolute Gasteiger partial charge is 0.273 e. The molecule has 24 heavy (non-hydrogen) atoms. The molecule has 2 fully saturated rings. The van der Waals surface area contributed by atoms with Crippen molar-refractivity contribution in [2.24, 2.45) is 11.0 Å². The quantitative estimate of drug-likeness (QED) is 0.653. The van der Waals surface area contributed by atoms with Crippen molar-refractivity contribution in [3.8, 4) is 0 Å². The van der Waals surface area contributed by atoms with Gasteiger partial charge in [-0.3, -0.25) is 4.79 Å². The zero-order chi connectivity index (χ0) is 17.2. The summed E-state index contributed by atoms with van der Waals surface area (Å²) in [4.78, 5) is 11.9. The second kappa shape index (κ2) is 7.03. The van der Waals surface area contributed by atoms with Gasteiger partial charge in [-0.15, -0.1) is 0 Å². The van der Waals surface area contributed by atoms with E-state index in [1.807, 2.05) is 0 Å². The van der Waals surface area contributed by atoms with Crippen LogP contribution in [0, 0.1) is 5.92 Å². The van der Waals surface area contributed by atoms with Gasteiger partial charge >= 0.3 is 0 Å². The maximum Gasteiger partial charge on any atom is 0.243 e. The lowest BCUT2D eigenvalue weighted by atomic mass is 10.1. The summed E-state index contributed by atoms with van der Waals surface area (Å²) in [6.45, 7) is 2.98. The van der Waals surface area contributed by atoms with E-state index in [4.69, 9.17) is 0 Å². The third kappa shape index (κ3) is 3.84. The monoisotopic (exact) mass is 349 g/mol. The summed E-state index contributed by atoms with van der Waals surface area (Å²) in [6, 6.07) is 6.69. The topological polar surface area (TPSA) is 78.8 Å². The number of hydrogen-bond acceptors (Lipinski definition) is 4. The van der Waals surface area contributed by atoms with Crippen molar-refractivity contribution in [2.75, 3.05) is 13.1 Å². The van der Waals surface area contributed by atoms with Crippen LogP contribution in [0.3, 0.4) is 0 Å². The molecule has 3 rings (SSSR count). The Morgan fingerprint density at radius 1 is 1.12 bits per heavy atom. The molecule has 0 aromatic heterocycles. The van der Waals surface area contributed by atoms with Crippen molar-refractivity contribution in [3.63, 3.8) is 0 Å². The van der Waals surface area contributed by atoms with E-state index in [-0.39, 0.29) is 11.8 Å². The Labute approximate surface area is 143 Å². The number of amides is 1. The number of nitrogens with zero attached hydrogens (tertiary/aromatic N) is 2. The predicted octanol–water partition coefficient (Wildman–Crippen LogP) is 2.11.